The molecule has 2 heterocycles. The number of benzene rings is 1. The normalized spacial score (nSPS) is 18.7. The Morgan fingerprint density at radius 3 is 3.00 bits per heavy atom. The van der Waals surface area contributed by atoms with E-state index < -0.39 is 0 Å². The summed E-state index contributed by atoms with van der Waals surface area (Å²) in [5.74, 6) is 0.0246. The van der Waals surface area contributed by atoms with Crippen LogP contribution in [0.4, 0.5) is 5.13 Å². The molecule has 1 atom stereocenters. The van der Waals surface area contributed by atoms with Crippen LogP contribution < -0.4 is 4.90 Å². The van der Waals surface area contributed by atoms with Crippen molar-refractivity contribution in [2.24, 2.45) is 0 Å². The van der Waals surface area contributed by atoms with E-state index in [2.05, 4.69) is 4.98 Å². The summed E-state index contributed by atoms with van der Waals surface area (Å²) in [6, 6.07) is 3.77. The molecule has 0 spiro atoms. The summed E-state index contributed by atoms with van der Waals surface area (Å²) in [7, 11) is 0. The summed E-state index contributed by atoms with van der Waals surface area (Å²) in [6.45, 7) is 3.99. The molecule has 0 aliphatic carbocycles. The highest BCUT2D eigenvalue weighted by Gasteiger charge is 2.33. The smallest absolute Gasteiger partial charge is 0.230 e. The van der Waals surface area contributed by atoms with Crippen molar-refractivity contribution in [3.8, 4) is 0 Å². The molecule has 0 radical (unpaired) electrons. The van der Waals surface area contributed by atoms with E-state index in [0.29, 0.717) is 23.1 Å². The highest BCUT2D eigenvalue weighted by Crippen LogP contribution is 2.36. The number of aromatic nitrogens is 1. The molecule has 1 aromatic carbocycles. The van der Waals surface area contributed by atoms with Gasteiger partial charge in [0.05, 0.1) is 10.2 Å². The molecule has 1 amide bonds. The summed E-state index contributed by atoms with van der Waals surface area (Å²) in [6.07, 6.45) is 0.389. The highest BCUT2D eigenvalue weighted by molar-refractivity contribution is 8.14. The van der Waals surface area contributed by atoms with E-state index in [9.17, 15) is 9.59 Å². The van der Waals surface area contributed by atoms with Gasteiger partial charge >= 0.3 is 0 Å². The van der Waals surface area contributed by atoms with Crippen molar-refractivity contribution in [1.29, 1.82) is 0 Å². The Hall–Kier alpha value is -1.11. The molecule has 3 rings (SSSR count). The lowest BCUT2D eigenvalue weighted by molar-refractivity contribution is -0.117. The first-order valence-corrected chi connectivity index (χ1v) is 8.56. The second-order valence-electron chi connectivity index (χ2n) is 4.96. The number of amides is 1. The molecule has 0 N–H and O–H groups in total. The Morgan fingerprint density at radius 1 is 1.52 bits per heavy atom. The summed E-state index contributed by atoms with van der Waals surface area (Å²) in [5, 5.41) is 1.43. The first-order valence-electron chi connectivity index (χ1n) is 6.49. The van der Waals surface area contributed by atoms with Crippen molar-refractivity contribution in [3.63, 3.8) is 0 Å². The number of thioether (sulfide) groups is 1. The van der Waals surface area contributed by atoms with Crippen molar-refractivity contribution < 1.29 is 9.59 Å². The van der Waals surface area contributed by atoms with Crippen LogP contribution in [0.5, 0.6) is 0 Å². The van der Waals surface area contributed by atoms with Crippen LogP contribution in [0.2, 0.25) is 5.02 Å². The Labute approximate surface area is 135 Å². The third kappa shape index (κ3) is 2.80. The Balaban J connectivity index is 1.92. The van der Waals surface area contributed by atoms with Gasteiger partial charge in [0.1, 0.15) is 0 Å². The van der Waals surface area contributed by atoms with Crippen LogP contribution in [-0.4, -0.2) is 27.8 Å². The maximum atomic E-state index is 12.1. The maximum absolute atomic E-state index is 12.1. The molecular weight excluding hydrogens is 328 g/mol. The summed E-state index contributed by atoms with van der Waals surface area (Å²) < 4.78 is 1.02. The standard InChI is InChI=1S/C14H13ClN2O2S2/c1-7-10(15)3-4-11-13(7)16-14(21-11)17-6-9(5-12(17)19)20-8(2)18/h3-4,9H,5-6H2,1-2H3. The third-order valence-corrected chi connectivity index (χ3v) is 5.82. The van der Waals surface area contributed by atoms with Crippen molar-refractivity contribution in [2.45, 2.75) is 25.5 Å². The minimum absolute atomic E-state index is 0.0201. The minimum atomic E-state index is 0.0201. The van der Waals surface area contributed by atoms with Crippen LogP contribution in [0.25, 0.3) is 10.2 Å². The van der Waals surface area contributed by atoms with Crippen molar-refractivity contribution in [1.82, 2.24) is 4.98 Å². The predicted octanol–water partition coefficient (Wildman–Crippen LogP) is 3.64. The average Bonchev–Trinajstić information content (AvgIpc) is 2.97. The Bertz CT molecular complexity index is 744. The first kappa shape index (κ1) is 14.8. The summed E-state index contributed by atoms with van der Waals surface area (Å²) in [4.78, 5) is 29.6. The van der Waals surface area contributed by atoms with Gasteiger partial charge in [0.25, 0.3) is 0 Å². The maximum Gasteiger partial charge on any atom is 0.230 e. The quantitative estimate of drug-likeness (QED) is 0.837. The number of hydrogen-bond acceptors (Lipinski definition) is 5. The summed E-state index contributed by atoms with van der Waals surface area (Å²) >= 11 is 8.82. The lowest BCUT2D eigenvalue weighted by Gasteiger charge is -2.11. The fourth-order valence-electron chi connectivity index (χ4n) is 2.38. The molecule has 21 heavy (non-hydrogen) atoms. The molecule has 1 aliphatic heterocycles. The largest absolute Gasteiger partial charge is 0.288 e. The predicted molar refractivity (Wildman–Crippen MR) is 88.4 cm³/mol. The zero-order valence-electron chi connectivity index (χ0n) is 11.6. The highest BCUT2D eigenvalue weighted by atomic mass is 35.5. The molecule has 1 fully saturated rings. The van der Waals surface area contributed by atoms with Crippen LogP contribution >= 0.6 is 34.7 Å². The SMILES string of the molecule is CC(=O)SC1CC(=O)N(c2nc3c(C)c(Cl)ccc3s2)C1. The number of carbonyl (C=O) groups is 2. The molecule has 2 aromatic rings. The summed E-state index contributed by atoms with van der Waals surface area (Å²) in [5.41, 5.74) is 1.77. The van der Waals surface area contributed by atoms with Crippen LogP contribution in [0.3, 0.4) is 0 Å². The van der Waals surface area contributed by atoms with Gasteiger partial charge in [0.2, 0.25) is 5.91 Å². The third-order valence-electron chi connectivity index (χ3n) is 3.39. The van der Waals surface area contributed by atoms with Gasteiger partial charge in [0.15, 0.2) is 10.2 Å². The Morgan fingerprint density at radius 2 is 2.29 bits per heavy atom. The monoisotopic (exact) mass is 340 g/mol. The number of rotatable bonds is 2. The van der Waals surface area contributed by atoms with Gasteiger partial charge in [-0.2, -0.15) is 0 Å². The molecule has 1 unspecified atom stereocenters. The van der Waals surface area contributed by atoms with Crippen LogP contribution in [-0.2, 0) is 9.59 Å². The first-order chi connectivity index (χ1) is 9.95. The fraction of sp³-hybridized carbons (Fsp3) is 0.357. The van der Waals surface area contributed by atoms with Gasteiger partial charge in [-0.15, -0.1) is 0 Å². The number of carbonyl (C=O) groups excluding carboxylic acids is 2. The van der Waals surface area contributed by atoms with Crippen LogP contribution in [0, 0.1) is 6.92 Å². The number of fused-ring (bicyclic) bond motifs is 1. The molecular formula is C14H13ClN2O2S2. The van der Waals surface area contributed by atoms with Gasteiger partial charge in [-0.1, -0.05) is 34.7 Å². The molecule has 1 saturated heterocycles. The van der Waals surface area contributed by atoms with E-state index in [4.69, 9.17) is 11.6 Å². The fourth-order valence-corrected chi connectivity index (χ4v) is 4.50. The van der Waals surface area contributed by atoms with Crippen molar-refractivity contribution >= 4 is 61.1 Å². The molecule has 1 aromatic heterocycles. The van der Waals surface area contributed by atoms with E-state index >= 15 is 0 Å². The Kier molecular flexibility index (Phi) is 3.94. The van der Waals surface area contributed by atoms with Crippen LogP contribution in [0.15, 0.2) is 12.1 Å². The van der Waals surface area contributed by atoms with Gasteiger partial charge in [-0.25, -0.2) is 4.98 Å². The lowest BCUT2D eigenvalue weighted by atomic mass is 10.2. The van der Waals surface area contributed by atoms with Gasteiger partial charge in [-0.05, 0) is 24.6 Å². The number of anilines is 1. The minimum Gasteiger partial charge on any atom is -0.288 e. The molecule has 0 saturated carbocycles. The lowest BCUT2D eigenvalue weighted by Crippen LogP contribution is -2.24. The van der Waals surface area contributed by atoms with E-state index in [1.165, 1.54) is 30.0 Å². The van der Waals surface area contributed by atoms with E-state index in [0.717, 1.165) is 15.8 Å². The second kappa shape index (κ2) is 5.59. The van der Waals surface area contributed by atoms with Crippen LogP contribution in [0.1, 0.15) is 18.9 Å². The van der Waals surface area contributed by atoms with E-state index in [-0.39, 0.29) is 16.3 Å². The zero-order chi connectivity index (χ0) is 15.1. The van der Waals surface area contributed by atoms with E-state index in [1.807, 2.05) is 19.1 Å². The van der Waals surface area contributed by atoms with E-state index in [1.54, 1.807) is 4.90 Å². The molecule has 0 bridgehead atoms. The molecule has 1 aliphatic rings. The molecule has 7 heteroatoms. The number of halogens is 1. The average molecular weight is 341 g/mol. The number of aryl methyl sites for hydroxylation is 1. The number of hydrogen-bond donors (Lipinski definition) is 0. The number of thiazole rings is 1. The van der Waals surface area contributed by atoms with Crippen molar-refractivity contribution in [2.75, 3.05) is 11.4 Å². The van der Waals surface area contributed by atoms with Gasteiger partial charge < -0.3 is 0 Å². The number of nitrogens with zero attached hydrogens (tertiary/aromatic N) is 2. The zero-order valence-corrected chi connectivity index (χ0v) is 13.9. The second-order valence-corrected chi connectivity index (χ2v) is 7.85. The molecule has 4 nitrogen and oxygen atoms in total. The molecule has 110 valence electrons. The van der Waals surface area contributed by atoms with Gasteiger partial charge in [-0.3, -0.25) is 14.5 Å². The van der Waals surface area contributed by atoms with Gasteiger partial charge in [0, 0.05) is 30.2 Å². The topological polar surface area (TPSA) is 50.3 Å². The van der Waals surface area contributed by atoms with Crippen molar-refractivity contribution in [3.05, 3.63) is 22.7 Å².